The topological polar surface area (TPSA) is 103 Å². The van der Waals surface area contributed by atoms with Crippen molar-refractivity contribution in [3.63, 3.8) is 0 Å². The predicted octanol–water partition coefficient (Wildman–Crippen LogP) is 3.17. The molecule has 3 heterocycles. The van der Waals surface area contributed by atoms with Gasteiger partial charge in [-0.3, -0.25) is 4.79 Å². The van der Waals surface area contributed by atoms with Gasteiger partial charge in [-0.2, -0.15) is 0 Å². The number of nitrogen functional groups attached to an aromatic ring is 1. The predicted molar refractivity (Wildman–Crippen MR) is 105 cm³/mol. The summed E-state index contributed by atoms with van der Waals surface area (Å²) < 4.78 is 12.0. The van der Waals surface area contributed by atoms with E-state index < -0.39 is 0 Å². The fourth-order valence-corrected chi connectivity index (χ4v) is 3.38. The first-order valence-corrected chi connectivity index (χ1v) is 9.46. The number of rotatable bonds is 7. The minimum absolute atomic E-state index is 0.102. The highest BCUT2D eigenvalue weighted by Gasteiger charge is 2.20. The van der Waals surface area contributed by atoms with Gasteiger partial charge < -0.3 is 19.6 Å². The summed E-state index contributed by atoms with van der Waals surface area (Å²) in [4.78, 5) is 14.6. The summed E-state index contributed by atoms with van der Waals surface area (Å²) in [6.07, 6.45) is 3.12. The van der Waals surface area contributed by atoms with Gasteiger partial charge in [0.2, 0.25) is 16.9 Å². The van der Waals surface area contributed by atoms with E-state index >= 15 is 0 Å². The number of thioether (sulfide) groups is 1. The standard InChI is InChI=1S/C19H17N5O3S/c20-24-18(16-9-5-11-27-16)21-22-19(24)28-13-17(25)23(12-15-8-4-10-26-15)14-6-2-1-3-7-14/h1-11H,12-13,20H2. The second kappa shape index (κ2) is 8.05. The van der Waals surface area contributed by atoms with E-state index in [9.17, 15) is 4.79 Å². The van der Waals surface area contributed by atoms with Gasteiger partial charge in [-0.15, -0.1) is 10.2 Å². The van der Waals surface area contributed by atoms with Crippen molar-refractivity contribution in [1.82, 2.24) is 14.9 Å². The van der Waals surface area contributed by atoms with Crippen molar-refractivity contribution in [3.8, 4) is 11.6 Å². The summed E-state index contributed by atoms with van der Waals surface area (Å²) in [5, 5.41) is 8.51. The lowest BCUT2D eigenvalue weighted by Gasteiger charge is -2.21. The highest BCUT2D eigenvalue weighted by molar-refractivity contribution is 7.99. The van der Waals surface area contributed by atoms with Crippen LogP contribution in [0.15, 0.2) is 81.1 Å². The molecule has 3 aromatic heterocycles. The molecule has 0 spiro atoms. The van der Waals surface area contributed by atoms with E-state index in [4.69, 9.17) is 14.7 Å². The number of carbonyl (C=O) groups excluding carboxylic acids is 1. The fraction of sp³-hybridized carbons (Fsp3) is 0.105. The van der Waals surface area contributed by atoms with E-state index in [2.05, 4.69) is 10.2 Å². The molecule has 2 N–H and O–H groups in total. The Labute approximate surface area is 164 Å². The smallest absolute Gasteiger partial charge is 0.237 e. The van der Waals surface area contributed by atoms with Gasteiger partial charge >= 0.3 is 0 Å². The van der Waals surface area contributed by atoms with Crippen molar-refractivity contribution in [2.75, 3.05) is 16.5 Å². The third-order valence-corrected chi connectivity index (χ3v) is 4.92. The van der Waals surface area contributed by atoms with E-state index in [0.717, 1.165) is 5.69 Å². The minimum Gasteiger partial charge on any atom is -0.467 e. The van der Waals surface area contributed by atoms with Crippen molar-refractivity contribution in [2.24, 2.45) is 0 Å². The monoisotopic (exact) mass is 395 g/mol. The van der Waals surface area contributed by atoms with Gasteiger partial charge in [0.25, 0.3) is 0 Å². The van der Waals surface area contributed by atoms with Crippen molar-refractivity contribution < 1.29 is 13.6 Å². The normalized spacial score (nSPS) is 10.9. The van der Waals surface area contributed by atoms with Crippen LogP contribution in [0.2, 0.25) is 0 Å². The molecule has 0 saturated carbocycles. The molecule has 0 aliphatic rings. The largest absolute Gasteiger partial charge is 0.467 e. The highest BCUT2D eigenvalue weighted by Crippen LogP contribution is 2.24. The lowest BCUT2D eigenvalue weighted by atomic mass is 10.2. The number of amides is 1. The van der Waals surface area contributed by atoms with Crippen molar-refractivity contribution in [1.29, 1.82) is 0 Å². The molecule has 0 atom stereocenters. The zero-order valence-electron chi connectivity index (χ0n) is 14.8. The van der Waals surface area contributed by atoms with E-state index in [1.165, 1.54) is 22.7 Å². The Kier molecular flexibility index (Phi) is 5.16. The van der Waals surface area contributed by atoms with E-state index in [1.807, 2.05) is 36.4 Å². The molecule has 4 rings (SSSR count). The van der Waals surface area contributed by atoms with Crippen LogP contribution in [-0.2, 0) is 11.3 Å². The molecule has 0 fully saturated rings. The highest BCUT2D eigenvalue weighted by atomic mass is 32.2. The molecule has 0 aliphatic heterocycles. The molecule has 1 aromatic carbocycles. The number of hydrogen-bond acceptors (Lipinski definition) is 7. The molecular weight excluding hydrogens is 378 g/mol. The number of furan rings is 2. The number of carbonyl (C=O) groups is 1. The third-order valence-electron chi connectivity index (χ3n) is 3.99. The Hall–Kier alpha value is -3.46. The summed E-state index contributed by atoms with van der Waals surface area (Å²) >= 11 is 1.21. The molecule has 142 valence electrons. The fourth-order valence-electron chi connectivity index (χ4n) is 2.64. The maximum Gasteiger partial charge on any atom is 0.237 e. The van der Waals surface area contributed by atoms with Crippen LogP contribution in [-0.4, -0.2) is 26.5 Å². The van der Waals surface area contributed by atoms with Gasteiger partial charge in [0.1, 0.15) is 5.76 Å². The van der Waals surface area contributed by atoms with Gasteiger partial charge in [0.05, 0.1) is 24.8 Å². The first-order chi connectivity index (χ1) is 13.7. The van der Waals surface area contributed by atoms with E-state index in [-0.39, 0.29) is 11.7 Å². The molecule has 4 aromatic rings. The van der Waals surface area contributed by atoms with Crippen molar-refractivity contribution >= 4 is 23.4 Å². The van der Waals surface area contributed by atoms with Crippen LogP contribution in [0.4, 0.5) is 5.69 Å². The van der Waals surface area contributed by atoms with Crippen LogP contribution in [0.5, 0.6) is 0 Å². The average Bonchev–Trinajstić information content (AvgIpc) is 3.47. The van der Waals surface area contributed by atoms with Crippen LogP contribution >= 0.6 is 11.8 Å². The Morgan fingerprint density at radius 2 is 1.82 bits per heavy atom. The molecule has 0 bridgehead atoms. The molecule has 0 aliphatic carbocycles. The quantitative estimate of drug-likeness (QED) is 0.379. The van der Waals surface area contributed by atoms with Crippen LogP contribution in [0.1, 0.15) is 5.76 Å². The number of para-hydroxylation sites is 1. The first-order valence-electron chi connectivity index (χ1n) is 8.47. The summed E-state index contributed by atoms with van der Waals surface area (Å²) in [6.45, 7) is 0.337. The molecule has 9 heteroatoms. The van der Waals surface area contributed by atoms with Gasteiger partial charge in [-0.1, -0.05) is 30.0 Å². The molecule has 1 amide bonds. The van der Waals surface area contributed by atoms with Crippen LogP contribution in [0, 0.1) is 0 Å². The summed E-state index contributed by atoms with van der Waals surface area (Å²) in [5.74, 6) is 7.70. The maximum atomic E-state index is 12.9. The van der Waals surface area contributed by atoms with E-state index in [0.29, 0.717) is 29.0 Å². The van der Waals surface area contributed by atoms with Crippen molar-refractivity contribution in [3.05, 3.63) is 72.9 Å². The van der Waals surface area contributed by atoms with Gasteiger partial charge in [-0.25, -0.2) is 4.68 Å². The van der Waals surface area contributed by atoms with Crippen LogP contribution in [0.3, 0.4) is 0 Å². The Morgan fingerprint density at radius 3 is 2.54 bits per heavy atom. The second-order valence-corrected chi connectivity index (χ2v) is 6.78. The number of nitrogens with zero attached hydrogens (tertiary/aromatic N) is 4. The number of benzene rings is 1. The molecule has 0 radical (unpaired) electrons. The van der Waals surface area contributed by atoms with Crippen LogP contribution in [0.25, 0.3) is 11.6 Å². The molecule has 28 heavy (non-hydrogen) atoms. The summed E-state index contributed by atoms with van der Waals surface area (Å²) in [6, 6.07) is 16.6. The summed E-state index contributed by atoms with van der Waals surface area (Å²) in [7, 11) is 0. The summed E-state index contributed by atoms with van der Waals surface area (Å²) in [5.41, 5.74) is 0.787. The molecular formula is C19H17N5O3S. The lowest BCUT2D eigenvalue weighted by Crippen LogP contribution is -2.32. The number of hydrogen-bond donors (Lipinski definition) is 1. The Balaban J connectivity index is 1.49. The number of anilines is 1. The third kappa shape index (κ3) is 3.79. The second-order valence-electron chi connectivity index (χ2n) is 5.84. The van der Waals surface area contributed by atoms with Crippen molar-refractivity contribution in [2.45, 2.75) is 11.7 Å². The molecule has 8 nitrogen and oxygen atoms in total. The van der Waals surface area contributed by atoms with Gasteiger partial charge in [-0.05, 0) is 36.4 Å². The molecule has 0 unspecified atom stereocenters. The maximum absolute atomic E-state index is 12.9. The van der Waals surface area contributed by atoms with Gasteiger partial charge in [0, 0.05) is 5.69 Å². The van der Waals surface area contributed by atoms with E-state index in [1.54, 1.807) is 29.4 Å². The average molecular weight is 395 g/mol. The molecule has 0 saturated heterocycles. The lowest BCUT2D eigenvalue weighted by molar-refractivity contribution is -0.116. The SMILES string of the molecule is Nn1c(SCC(=O)N(Cc2ccco2)c2ccccc2)nnc1-c1ccco1. The van der Waals surface area contributed by atoms with Crippen LogP contribution < -0.4 is 10.7 Å². The zero-order chi connectivity index (χ0) is 19.3. The zero-order valence-corrected chi connectivity index (χ0v) is 15.6. The minimum atomic E-state index is -0.102. The number of nitrogens with two attached hydrogens (primary N) is 1. The van der Waals surface area contributed by atoms with Gasteiger partial charge in [0.15, 0.2) is 5.76 Å². The Morgan fingerprint density at radius 1 is 1.04 bits per heavy atom. The number of aromatic nitrogens is 3. The Bertz CT molecular complexity index is 1030. The first kappa shape index (κ1) is 17.9.